The third kappa shape index (κ3) is 2.78. The monoisotopic (exact) mass is 322 g/mol. The van der Waals surface area contributed by atoms with Crippen LogP contribution in [-0.2, 0) is 12.0 Å². The molecule has 0 spiro atoms. The smallest absolute Gasteiger partial charge is 0.255 e. The predicted octanol–water partition coefficient (Wildman–Crippen LogP) is 4.34. The van der Waals surface area contributed by atoms with Crippen LogP contribution < -0.4 is 0 Å². The molecule has 1 aliphatic rings. The van der Waals surface area contributed by atoms with E-state index in [4.69, 9.17) is 0 Å². The predicted molar refractivity (Wildman–Crippen MR) is 89.8 cm³/mol. The lowest BCUT2D eigenvalue weighted by Gasteiger charge is -2.21. The van der Waals surface area contributed by atoms with Crippen molar-refractivity contribution in [1.82, 2.24) is 4.90 Å². The quantitative estimate of drug-likeness (QED) is 0.825. The number of rotatable bonds is 2. The summed E-state index contributed by atoms with van der Waals surface area (Å²) < 4.78 is 13.1. The van der Waals surface area contributed by atoms with Gasteiger partial charge in [-0.3, -0.25) is 4.79 Å². The van der Waals surface area contributed by atoms with Gasteiger partial charge in [-0.1, -0.05) is 45.0 Å². The molecular weight excluding hydrogens is 303 g/mol. The van der Waals surface area contributed by atoms with Crippen molar-refractivity contribution in [3.8, 4) is 6.07 Å². The Morgan fingerprint density at radius 2 is 1.83 bits per heavy atom. The molecule has 2 aromatic carbocycles. The third-order valence-corrected chi connectivity index (χ3v) is 4.40. The molecule has 0 aromatic heterocycles. The van der Waals surface area contributed by atoms with E-state index in [0.29, 0.717) is 5.56 Å². The highest BCUT2D eigenvalue weighted by atomic mass is 19.1. The normalized spacial score (nSPS) is 16.9. The Hall–Kier alpha value is -2.67. The van der Waals surface area contributed by atoms with Gasteiger partial charge in [0, 0.05) is 17.7 Å². The second kappa shape index (κ2) is 5.76. The first kappa shape index (κ1) is 16.2. The van der Waals surface area contributed by atoms with Gasteiger partial charge in [-0.25, -0.2) is 4.39 Å². The summed E-state index contributed by atoms with van der Waals surface area (Å²) in [6.07, 6.45) is 0. The number of nitrogens with zero attached hydrogens (tertiary/aromatic N) is 2. The molecule has 0 aliphatic carbocycles. The van der Waals surface area contributed by atoms with Crippen molar-refractivity contribution in [3.05, 3.63) is 70.5 Å². The van der Waals surface area contributed by atoms with Crippen LogP contribution in [0.2, 0.25) is 0 Å². The van der Waals surface area contributed by atoms with Gasteiger partial charge in [0.2, 0.25) is 0 Å². The molecule has 0 saturated carbocycles. The minimum Gasteiger partial charge on any atom is -0.314 e. The fourth-order valence-electron chi connectivity index (χ4n) is 2.98. The molecule has 0 radical (unpaired) electrons. The number of carbonyl (C=O) groups excluding carboxylic acids is 1. The SMILES string of the molecule is CC(C)(C)c1ccc2c(c1)C(C#N)N(Cc1ccc(F)cc1)C2=O. The highest BCUT2D eigenvalue weighted by molar-refractivity contribution is 5.99. The Bertz CT molecular complexity index is 828. The molecule has 3 rings (SSSR count). The molecule has 1 atom stereocenters. The first-order chi connectivity index (χ1) is 11.3. The van der Waals surface area contributed by atoms with Crippen LogP contribution in [0, 0.1) is 17.1 Å². The van der Waals surface area contributed by atoms with Gasteiger partial charge in [0.25, 0.3) is 5.91 Å². The van der Waals surface area contributed by atoms with Gasteiger partial charge in [-0.05, 0) is 34.7 Å². The van der Waals surface area contributed by atoms with Crippen molar-refractivity contribution < 1.29 is 9.18 Å². The van der Waals surface area contributed by atoms with E-state index in [0.717, 1.165) is 16.7 Å². The standard InChI is InChI=1S/C20H19FN2O/c1-20(2,3)14-6-9-16-17(10-14)18(11-22)23(19(16)24)12-13-4-7-15(21)8-5-13/h4-10,18H,12H2,1-3H3. The minimum absolute atomic E-state index is 0.0531. The molecule has 0 fully saturated rings. The van der Waals surface area contributed by atoms with Crippen molar-refractivity contribution in [2.24, 2.45) is 0 Å². The third-order valence-electron chi connectivity index (χ3n) is 4.40. The topological polar surface area (TPSA) is 44.1 Å². The number of hydrogen-bond acceptors (Lipinski definition) is 2. The number of fused-ring (bicyclic) bond motifs is 1. The molecular formula is C20H19FN2O. The Kier molecular flexibility index (Phi) is 3.88. The van der Waals surface area contributed by atoms with E-state index in [2.05, 4.69) is 26.8 Å². The molecule has 0 saturated heterocycles. The number of hydrogen-bond donors (Lipinski definition) is 0. The Balaban J connectivity index is 1.97. The van der Waals surface area contributed by atoms with E-state index in [-0.39, 0.29) is 23.7 Å². The molecule has 1 amide bonds. The molecule has 1 unspecified atom stereocenters. The largest absolute Gasteiger partial charge is 0.314 e. The van der Waals surface area contributed by atoms with E-state index in [1.165, 1.54) is 12.1 Å². The van der Waals surface area contributed by atoms with Gasteiger partial charge in [-0.2, -0.15) is 5.26 Å². The van der Waals surface area contributed by atoms with E-state index in [1.807, 2.05) is 18.2 Å². The molecule has 2 aromatic rings. The van der Waals surface area contributed by atoms with Crippen LogP contribution in [0.1, 0.15) is 53.9 Å². The van der Waals surface area contributed by atoms with Crippen molar-refractivity contribution in [1.29, 1.82) is 5.26 Å². The van der Waals surface area contributed by atoms with Crippen LogP contribution in [0.15, 0.2) is 42.5 Å². The van der Waals surface area contributed by atoms with E-state index < -0.39 is 6.04 Å². The summed E-state index contributed by atoms with van der Waals surface area (Å²) >= 11 is 0. The van der Waals surface area contributed by atoms with Crippen LogP contribution in [-0.4, -0.2) is 10.8 Å². The zero-order valence-electron chi connectivity index (χ0n) is 14.0. The number of nitriles is 1. The fraction of sp³-hybridized carbons (Fsp3) is 0.300. The molecule has 4 heteroatoms. The zero-order valence-corrected chi connectivity index (χ0v) is 14.0. The van der Waals surface area contributed by atoms with Gasteiger partial charge in [-0.15, -0.1) is 0 Å². The average Bonchev–Trinajstić information content (AvgIpc) is 2.80. The fourth-order valence-corrected chi connectivity index (χ4v) is 2.98. The van der Waals surface area contributed by atoms with Crippen LogP contribution in [0.25, 0.3) is 0 Å². The van der Waals surface area contributed by atoms with Crippen LogP contribution in [0.4, 0.5) is 4.39 Å². The number of amides is 1. The van der Waals surface area contributed by atoms with Crippen molar-refractivity contribution in [3.63, 3.8) is 0 Å². The summed E-state index contributed by atoms with van der Waals surface area (Å²) in [6.45, 7) is 6.59. The Labute approximate surface area is 141 Å². The highest BCUT2D eigenvalue weighted by Crippen LogP contribution is 2.37. The van der Waals surface area contributed by atoms with Gasteiger partial charge >= 0.3 is 0 Å². The van der Waals surface area contributed by atoms with E-state index in [9.17, 15) is 14.4 Å². The summed E-state index contributed by atoms with van der Waals surface area (Å²) in [5, 5.41) is 9.61. The summed E-state index contributed by atoms with van der Waals surface area (Å²) in [5.74, 6) is -0.470. The molecule has 1 heterocycles. The van der Waals surface area contributed by atoms with Crippen molar-refractivity contribution >= 4 is 5.91 Å². The van der Waals surface area contributed by atoms with Crippen LogP contribution >= 0.6 is 0 Å². The summed E-state index contributed by atoms with van der Waals surface area (Å²) in [7, 11) is 0. The second-order valence-corrected chi connectivity index (χ2v) is 7.14. The van der Waals surface area contributed by atoms with Gasteiger partial charge in [0.1, 0.15) is 11.9 Å². The summed E-state index contributed by atoms with van der Waals surface area (Å²) in [4.78, 5) is 14.2. The Morgan fingerprint density at radius 3 is 2.42 bits per heavy atom. The van der Waals surface area contributed by atoms with E-state index >= 15 is 0 Å². The lowest BCUT2D eigenvalue weighted by atomic mass is 9.85. The average molecular weight is 322 g/mol. The van der Waals surface area contributed by atoms with Crippen LogP contribution in [0.3, 0.4) is 0 Å². The second-order valence-electron chi connectivity index (χ2n) is 7.14. The molecule has 0 N–H and O–H groups in total. The first-order valence-corrected chi connectivity index (χ1v) is 7.91. The van der Waals surface area contributed by atoms with E-state index in [1.54, 1.807) is 17.0 Å². The zero-order chi connectivity index (χ0) is 17.5. The van der Waals surface area contributed by atoms with Crippen molar-refractivity contribution in [2.45, 2.75) is 38.8 Å². The first-order valence-electron chi connectivity index (χ1n) is 7.91. The maximum atomic E-state index is 13.1. The molecule has 1 aliphatic heterocycles. The number of benzene rings is 2. The molecule has 122 valence electrons. The summed E-state index contributed by atoms with van der Waals surface area (Å²) in [6, 6.07) is 13.4. The molecule has 24 heavy (non-hydrogen) atoms. The van der Waals surface area contributed by atoms with Crippen molar-refractivity contribution in [2.75, 3.05) is 0 Å². The van der Waals surface area contributed by atoms with Gasteiger partial charge < -0.3 is 4.90 Å². The minimum atomic E-state index is -0.611. The lowest BCUT2D eigenvalue weighted by Crippen LogP contribution is -2.26. The van der Waals surface area contributed by atoms with Crippen LogP contribution in [0.5, 0.6) is 0 Å². The maximum Gasteiger partial charge on any atom is 0.255 e. The molecule has 0 bridgehead atoms. The van der Waals surface area contributed by atoms with Gasteiger partial charge in [0.15, 0.2) is 0 Å². The number of halogens is 1. The highest BCUT2D eigenvalue weighted by Gasteiger charge is 2.37. The Morgan fingerprint density at radius 1 is 1.17 bits per heavy atom. The lowest BCUT2D eigenvalue weighted by molar-refractivity contribution is 0.0744. The van der Waals surface area contributed by atoms with Gasteiger partial charge in [0.05, 0.1) is 6.07 Å². The molecule has 3 nitrogen and oxygen atoms in total. The maximum absolute atomic E-state index is 13.1. The number of carbonyl (C=O) groups is 1. The summed E-state index contributed by atoms with van der Waals surface area (Å²) in [5.41, 5.74) is 3.18.